The number of aryl methyl sites for hydroxylation is 1. The van der Waals surface area contributed by atoms with E-state index in [1.54, 1.807) is 25.1 Å². The largest absolute Gasteiger partial charge is 0.507 e. The first-order valence-corrected chi connectivity index (χ1v) is 10.7. The van der Waals surface area contributed by atoms with Crippen LogP contribution in [0.2, 0.25) is 10.0 Å². The standard InChI is InChI=1S/C25H18Cl2FNO4/c1-13-5-3-4-6-19(13)29-21(14-7-9-16(28)10-8-14)20(23(31)25(29)32)22(30)15-11-17(26)24(33-2)18(27)12-15/h3-12,21,30H,1-2H3/b22-20+. The lowest BCUT2D eigenvalue weighted by Gasteiger charge is -2.26. The number of Topliss-reactive ketones (excluding diaryl/α,β-unsaturated/α-hetero) is 1. The van der Waals surface area contributed by atoms with Gasteiger partial charge in [-0.05, 0) is 48.4 Å². The first-order valence-electron chi connectivity index (χ1n) is 9.90. The highest BCUT2D eigenvalue weighted by molar-refractivity contribution is 6.52. The first kappa shape index (κ1) is 22.8. The van der Waals surface area contributed by atoms with Crippen LogP contribution in [0.25, 0.3) is 5.76 Å². The van der Waals surface area contributed by atoms with E-state index in [-0.39, 0.29) is 26.9 Å². The van der Waals surface area contributed by atoms with E-state index in [1.165, 1.54) is 48.4 Å². The van der Waals surface area contributed by atoms with E-state index >= 15 is 0 Å². The molecule has 168 valence electrons. The summed E-state index contributed by atoms with van der Waals surface area (Å²) in [6.45, 7) is 1.80. The minimum absolute atomic E-state index is 0.123. The summed E-state index contributed by atoms with van der Waals surface area (Å²) in [7, 11) is 1.40. The molecule has 1 unspecified atom stereocenters. The van der Waals surface area contributed by atoms with Crippen LogP contribution in [-0.4, -0.2) is 23.9 Å². The molecule has 1 heterocycles. The Balaban J connectivity index is 1.98. The molecule has 1 fully saturated rings. The van der Waals surface area contributed by atoms with E-state index in [4.69, 9.17) is 27.9 Å². The van der Waals surface area contributed by atoms with Crippen LogP contribution in [0.5, 0.6) is 5.75 Å². The maximum atomic E-state index is 13.6. The molecule has 1 saturated heterocycles. The fourth-order valence-electron chi connectivity index (χ4n) is 3.92. The van der Waals surface area contributed by atoms with E-state index < -0.39 is 29.3 Å². The van der Waals surface area contributed by atoms with Crippen LogP contribution in [-0.2, 0) is 9.59 Å². The lowest BCUT2D eigenvalue weighted by molar-refractivity contribution is -0.132. The second-order valence-electron chi connectivity index (χ2n) is 7.48. The van der Waals surface area contributed by atoms with Gasteiger partial charge in [0.1, 0.15) is 11.6 Å². The van der Waals surface area contributed by atoms with E-state index in [0.29, 0.717) is 11.3 Å². The molecule has 0 spiro atoms. The summed E-state index contributed by atoms with van der Waals surface area (Å²) in [5.41, 5.74) is 1.68. The van der Waals surface area contributed by atoms with Crippen molar-refractivity contribution >= 4 is 46.3 Å². The Hall–Kier alpha value is -3.35. The molecule has 0 aliphatic carbocycles. The number of benzene rings is 3. The van der Waals surface area contributed by atoms with Crippen LogP contribution in [0, 0.1) is 12.7 Å². The molecule has 1 atom stereocenters. The minimum atomic E-state index is -0.994. The molecule has 4 rings (SSSR count). The number of amides is 1. The number of anilines is 1. The van der Waals surface area contributed by atoms with Gasteiger partial charge in [0.15, 0.2) is 5.75 Å². The molecule has 1 aliphatic rings. The number of halogens is 3. The SMILES string of the molecule is COc1c(Cl)cc(/C(O)=C2\C(=O)C(=O)N(c3ccccc3C)C2c2ccc(F)cc2)cc1Cl. The molecule has 33 heavy (non-hydrogen) atoms. The number of carbonyl (C=O) groups is 2. The molecule has 1 amide bonds. The third kappa shape index (κ3) is 3.96. The Morgan fingerprint density at radius 1 is 1.03 bits per heavy atom. The fourth-order valence-corrected chi connectivity index (χ4v) is 4.56. The van der Waals surface area contributed by atoms with Gasteiger partial charge in [0.25, 0.3) is 11.7 Å². The number of aliphatic hydroxyl groups is 1. The van der Waals surface area contributed by atoms with Crippen LogP contribution >= 0.6 is 23.2 Å². The summed E-state index contributed by atoms with van der Waals surface area (Å²) in [5, 5.41) is 11.4. The Labute approximate surface area is 199 Å². The lowest BCUT2D eigenvalue weighted by Crippen LogP contribution is -2.30. The van der Waals surface area contributed by atoms with Gasteiger partial charge in [0.2, 0.25) is 0 Å². The Bertz CT molecular complexity index is 1280. The summed E-state index contributed by atoms with van der Waals surface area (Å²) in [4.78, 5) is 27.7. The van der Waals surface area contributed by atoms with Crippen molar-refractivity contribution in [2.24, 2.45) is 0 Å². The second kappa shape index (κ2) is 8.89. The van der Waals surface area contributed by atoms with E-state index in [9.17, 15) is 19.1 Å². The van der Waals surface area contributed by atoms with Crippen LogP contribution in [0.3, 0.4) is 0 Å². The quantitative estimate of drug-likeness (QED) is 0.276. The number of methoxy groups -OCH3 is 1. The van der Waals surface area contributed by atoms with Gasteiger partial charge in [-0.3, -0.25) is 14.5 Å². The highest BCUT2D eigenvalue weighted by Gasteiger charge is 2.47. The van der Waals surface area contributed by atoms with Crippen LogP contribution in [0.15, 0.2) is 66.2 Å². The summed E-state index contributed by atoms with van der Waals surface area (Å²) in [5.74, 6) is -2.41. The number of rotatable bonds is 4. The normalized spacial score (nSPS) is 17.5. The Morgan fingerprint density at radius 3 is 2.21 bits per heavy atom. The van der Waals surface area contributed by atoms with E-state index in [1.807, 2.05) is 6.07 Å². The third-order valence-electron chi connectivity index (χ3n) is 5.48. The van der Waals surface area contributed by atoms with Crippen molar-refractivity contribution in [3.8, 4) is 5.75 Å². The van der Waals surface area contributed by atoms with Crippen molar-refractivity contribution in [2.75, 3.05) is 12.0 Å². The van der Waals surface area contributed by atoms with Crippen molar-refractivity contribution in [3.63, 3.8) is 0 Å². The molecular weight excluding hydrogens is 468 g/mol. The zero-order valence-electron chi connectivity index (χ0n) is 17.6. The maximum Gasteiger partial charge on any atom is 0.300 e. The minimum Gasteiger partial charge on any atom is -0.507 e. The van der Waals surface area contributed by atoms with E-state index in [2.05, 4.69) is 0 Å². The van der Waals surface area contributed by atoms with Gasteiger partial charge >= 0.3 is 0 Å². The summed E-state index contributed by atoms with van der Waals surface area (Å²) >= 11 is 12.4. The maximum absolute atomic E-state index is 13.6. The molecule has 3 aromatic rings. The monoisotopic (exact) mass is 485 g/mol. The van der Waals surface area contributed by atoms with Crippen LogP contribution in [0.4, 0.5) is 10.1 Å². The number of hydrogen-bond donors (Lipinski definition) is 1. The molecular formula is C25H18Cl2FNO4. The predicted octanol–water partition coefficient (Wildman–Crippen LogP) is 6.08. The predicted molar refractivity (Wildman–Crippen MR) is 125 cm³/mol. The number of ketones is 1. The number of hydrogen-bond acceptors (Lipinski definition) is 4. The highest BCUT2D eigenvalue weighted by Crippen LogP contribution is 2.44. The zero-order chi connectivity index (χ0) is 23.9. The number of nitrogens with zero attached hydrogens (tertiary/aromatic N) is 1. The van der Waals surface area contributed by atoms with Gasteiger partial charge < -0.3 is 9.84 Å². The molecule has 1 N–H and O–H groups in total. The molecule has 0 radical (unpaired) electrons. The zero-order valence-corrected chi connectivity index (χ0v) is 19.1. The molecule has 0 aromatic heterocycles. The fraction of sp³-hybridized carbons (Fsp3) is 0.120. The van der Waals surface area contributed by atoms with Gasteiger partial charge in [-0.15, -0.1) is 0 Å². The Morgan fingerprint density at radius 2 is 1.64 bits per heavy atom. The van der Waals surface area contributed by atoms with Gasteiger partial charge in [0, 0.05) is 11.3 Å². The van der Waals surface area contributed by atoms with Gasteiger partial charge in [-0.2, -0.15) is 0 Å². The molecule has 0 bridgehead atoms. The Kier molecular flexibility index (Phi) is 6.15. The second-order valence-corrected chi connectivity index (χ2v) is 8.29. The average molecular weight is 486 g/mol. The third-order valence-corrected chi connectivity index (χ3v) is 6.04. The summed E-state index contributed by atoms with van der Waals surface area (Å²) < 4.78 is 18.8. The highest BCUT2D eigenvalue weighted by atomic mass is 35.5. The first-order chi connectivity index (χ1) is 15.7. The number of carbonyl (C=O) groups excluding carboxylic acids is 2. The summed E-state index contributed by atoms with van der Waals surface area (Å²) in [6.07, 6.45) is 0. The summed E-state index contributed by atoms with van der Waals surface area (Å²) in [6, 6.07) is 14.3. The smallest absolute Gasteiger partial charge is 0.300 e. The van der Waals surface area contributed by atoms with E-state index in [0.717, 1.165) is 5.56 Å². The van der Waals surface area contributed by atoms with Crippen molar-refractivity contribution in [3.05, 3.63) is 98.8 Å². The molecule has 8 heteroatoms. The van der Waals surface area contributed by atoms with Gasteiger partial charge in [-0.1, -0.05) is 53.5 Å². The van der Waals surface area contributed by atoms with Gasteiger partial charge in [-0.25, -0.2) is 4.39 Å². The van der Waals surface area contributed by atoms with Crippen LogP contribution in [0.1, 0.15) is 22.7 Å². The topological polar surface area (TPSA) is 66.8 Å². The lowest BCUT2D eigenvalue weighted by atomic mass is 9.95. The molecule has 5 nitrogen and oxygen atoms in total. The molecule has 0 saturated carbocycles. The molecule has 1 aliphatic heterocycles. The average Bonchev–Trinajstić information content (AvgIpc) is 3.04. The van der Waals surface area contributed by atoms with Crippen molar-refractivity contribution < 1.29 is 23.8 Å². The van der Waals surface area contributed by atoms with Crippen LogP contribution < -0.4 is 9.64 Å². The van der Waals surface area contributed by atoms with Crippen molar-refractivity contribution in [1.29, 1.82) is 0 Å². The van der Waals surface area contributed by atoms with Crippen molar-refractivity contribution in [2.45, 2.75) is 13.0 Å². The van der Waals surface area contributed by atoms with Crippen molar-refractivity contribution in [1.82, 2.24) is 0 Å². The van der Waals surface area contributed by atoms with Gasteiger partial charge in [0.05, 0.1) is 28.8 Å². The molecule has 3 aromatic carbocycles. The number of para-hydroxylation sites is 1. The number of aliphatic hydroxyl groups excluding tert-OH is 1. The number of ether oxygens (including phenoxy) is 1.